The molecule has 0 aromatic heterocycles. The van der Waals surface area contributed by atoms with E-state index in [-0.39, 0.29) is 12.0 Å². The van der Waals surface area contributed by atoms with Crippen LogP contribution in [-0.4, -0.2) is 25.7 Å². The van der Waals surface area contributed by atoms with E-state index >= 15 is 0 Å². The number of benzene rings is 1. The molecule has 0 saturated heterocycles. The van der Waals surface area contributed by atoms with Crippen molar-refractivity contribution in [3.8, 4) is 5.75 Å². The zero-order chi connectivity index (χ0) is 12.0. The molecule has 0 amide bonds. The fourth-order valence-electron chi connectivity index (χ4n) is 1.43. The zero-order valence-electron chi connectivity index (χ0n) is 9.73. The molecule has 1 rings (SSSR count). The van der Waals surface area contributed by atoms with Crippen molar-refractivity contribution in [3.63, 3.8) is 0 Å². The van der Waals surface area contributed by atoms with Gasteiger partial charge in [0, 0.05) is 6.42 Å². The smallest absolute Gasteiger partial charge is 0.365 e. The Balaban J connectivity index is 2.61. The largest absolute Gasteiger partial charge is 0.497 e. The van der Waals surface area contributed by atoms with Gasteiger partial charge in [0.2, 0.25) is 0 Å². The molecule has 1 atom stereocenters. The van der Waals surface area contributed by atoms with Crippen LogP contribution in [0, 0.1) is 0 Å². The second-order valence-corrected chi connectivity index (χ2v) is 3.50. The molecule has 0 radical (unpaired) electrons. The van der Waals surface area contributed by atoms with Gasteiger partial charge in [0.15, 0.2) is 6.04 Å². The molecule has 0 aliphatic heterocycles. The quantitative estimate of drug-likeness (QED) is 0.737. The standard InChI is InChI=1S/C12H17NO3/c1-3-16-12(14)11(13)8-9-5-4-6-10(7-9)15-2/h4-7,11H,3,8,13H2,1-2H3/p+1/t11-/m0/s1. The summed E-state index contributed by atoms with van der Waals surface area (Å²) in [4.78, 5) is 11.4. The summed E-state index contributed by atoms with van der Waals surface area (Å²) in [6, 6.07) is 7.24. The van der Waals surface area contributed by atoms with Crippen LogP contribution in [0.3, 0.4) is 0 Å². The normalized spacial score (nSPS) is 11.9. The first-order chi connectivity index (χ1) is 7.67. The van der Waals surface area contributed by atoms with Gasteiger partial charge in [-0.1, -0.05) is 12.1 Å². The molecule has 16 heavy (non-hydrogen) atoms. The SMILES string of the molecule is CCOC(=O)[C@@H]([NH3+])Cc1cccc(OC)c1. The zero-order valence-corrected chi connectivity index (χ0v) is 9.73. The number of ether oxygens (including phenoxy) is 2. The molecule has 0 heterocycles. The van der Waals surface area contributed by atoms with Crippen LogP contribution in [0.4, 0.5) is 0 Å². The Hall–Kier alpha value is -1.55. The third-order valence-electron chi connectivity index (χ3n) is 2.24. The number of quaternary nitrogens is 1. The Morgan fingerprint density at radius 2 is 2.25 bits per heavy atom. The summed E-state index contributed by atoms with van der Waals surface area (Å²) in [6.07, 6.45) is 0.566. The molecular formula is C12H18NO3+. The van der Waals surface area contributed by atoms with E-state index in [1.807, 2.05) is 24.3 Å². The first kappa shape index (κ1) is 12.5. The van der Waals surface area contributed by atoms with Gasteiger partial charge >= 0.3 is 5.97 Å². The van der Waals surface area contributed by atoms with Gasteiger partial charge in [0.1, 0.15) is 5.75 Å². The Labute approximate surface area is 95.3 Å². The molecule has 0 unspecified atom stereocenters. The Bertz CT molecular complexity index is 352. The molecule has 88 valence electrons. The molecule has 0 bridgehead atoms. The van der Waals surface area contributed by atoms with E-state index in [2.05, 4.69) is 5.73 Å². The van der Waals surface area contributed by atoms with Crippen LogP contribution in [0.25, 0.3) is 0 Å². The third-order valence-corrected chi connectivity index (χ3v) is 2.24. The highest BCUT2D eigenvalue weighted by Crippen LogP contribution is 2.13. The van der Waals surface area contributed by atoms with E-state index in [4.69, 9.17) is 9.47 Å². The topological polar surface area (TPSA) is 63.2 Å². The monoisotopic (exact) mass is 224 g/mol. The van der Waals surface area contributed by atoms with Gasteiger partial charge in [-0.05, 0) is 24.6 Å². The van der Waals surface area contributed by atoms with Crippen molar-refractivity contribution < 1.29 is 20.0 Å². The third kappa shape index (κ3) is 3.55. The molecular weight excluding hydrogens is 206 g/mol. The molecule has 0 spiro atoms. The van der Waals surface area contributed by atoms with Crippen molar-refractivity contribution in [2.24, 2.45) is 0 Å². The van der Waals surface area contributed by atoms with Crippen LogP contribution in [0.15, 0.2) is 24.3 Å². The van der Waals surface area contributed by atoms with E-state index in [0.29, 0.717) is 13.0 Å². The maximum Gasteiger partial charge on any atom is 0.365 e. The van der Waals surface area contributed by atoms with Crippen molar-refractivity contribution >= 4 is 5.97 Å². The van der Waals surface area contributed by atoms with Crippen LogP contribution in [0.5, 0.6) is 5.75 Å². The van der Waals surface area contributed by atoms with Gasteiger partial charge in [0.25, 0.3) is 0 Å². The van der Waals surface area contributed by atoms with Crippen LogP contribution in [-0.2, 0) is 16.0 Å². The summed E-state index contributed by atoms with van der Waals surface area (Å²) in [5, 5.41) is 0. The van der Waals surface area contributed by atoms with Crippen molar-refractivity contribution in [3.05, 3.63) is 29.8 Å². The van der Waals surface area contributed by atoms with Crippen molar-refractivity contribution in [1.82, 2.24) is 0 Å². The Kier molecular flexibility index (Phi) is 4.79. The van der Waals surface area contributed by atoms with E-state index in [1.54, 1.807) is 14.0 Å². The average molecular weight is 224 g/mol. The van der Waals surface area contributed by atoms with Crippen molar-refractivity contribution in [2.45, 2.75) is 19.4 Å². The van der Waals surface area contributed by atoms with Gasteiger partial charge in [0.05, 0.1) is 13.7 Å². The number of hydrogen-bond donors (Lipinski definition) is 1. The highest BCUT2D eigenvalue weighted by Gasteiger charge is 2.18. The molecule has 0 fully saturated rings. The summed E-state index contributed by atoms with van der Waals surface area (Å²) in [5.74, 6) is 0.527. The predicted octanol–water partition coefficient (Wildman–Crippen LogP) is 0.411. The number of carbonyl (C=O) groups excluding carboxylic acids is 1. The molecule has 0 saturated carbocycles. The molecule has 0 aliphatic carbocycles. The van der Waals surface area contributed by atoms with E-state index in [0.717, 1.165) is 11.3 Å². The van der Waals surface area contributed by atoms with Gasteiger partial charge in [-0.3, -0.25) is 0 Å². The van der Waals surface area contributed by atoms with Crippen LogP contribution >= 0.6 is 0 Å². The first-order valence-electron chi connectivity index (χ1n) is 5.30. The van der Waals surface area contributed by atoms with Gasteiger partial charge in [-0.25, -0.2) is 4.79 Å². The second kappa shape index (κ2) is 6.12. The predicted molar refractivity (Wildman–Crippen MR) is 60.0 cm³/mol. The summed E-state index contributed by atoms with van der Waals surface area (Å²) in [6.45, 7) is 2.18. The number of rotatable bonds is 5. The lowest BCUT2D eigenvalue weighted by molar-refractivity contribution is -0.407. The van der Waals surface area contributed by atoms with Gasteiger partial charge in [-0.15, -0.1) is 0 Å². The summed E-state index contributed by atoms with van der Waals surface area (Å²) in [5.41, 5.74) is 4.81. The lowest BCUT2D eigenvalue weighted by Crippen LogP contribution is -2.66. The van der Waals surface area contributed by atoms with Gasteiger partial charge in [-0.2, -0.15) is 0 Å². The number of hydrogen-bond acceptors (Lipinski definition) is 3. The fourth-order valence-corrected chi connectivity index (χ4v) is 1.43. The van der Waals surface area contributed by atoms with Crippen LogP contribution in [0.1, 0.15) is 12.5 Å². The van der Waals surface area contributed by atoms with E-state index in [1.165, 1.54) is 0 Å². The minimum Gasteiger partial charge on any atom is -0.497 e. The lowest BCUT2D eigenvalue weighted by atomic mass is 10.1. The number of carbonyl (C=O) groups is 1. The lowest BCUT2D eigenvalue weighted by Gasteiger charge is -2.08. The second-order valence-electron chi connectivity index (χ2n) is 3.50. The summed E-state index contributed by atoms with van der Waals surface area (Å²) in [7, 11) is 1.62. The molecule has 4 nitrogen and oxygen atoms in total. The first-order valence-corrected chi connectivity index (χ1v) is 5.30. The van der Waals surface area contributed by atoms with Crippen molar-refractivity contribution in [1.29, 1.82) is 0 Å². The summed E-state index contributed by atoms with van der Waals surface area (Å²) < 4.78 is 10.0. The van der Waals surface area contributed by atoms with Gasteiger partial charge < -0.3 is 15.2 Å². The number of esters is 1. The molecule has 4 heteroatoms. The van der Waals surface area contributed by atoms with E-state index < -0.39 is 0 Å². The Morgan fingerprint density at radius 1 is 1.50 bits per heavy atom. The van der Waals surface area contributed by atoms with Crippen LogP contribution in [0.2, 0.25) is 0 Å². The highest BCUT2D eigenvalue weighted by molar-refractivity contribution is 5.74. The average Bonchev–Trinajstić information content (AvgIpc) is 2.29. The van der Waals surface area contributed by atoms with E-state index in [9.17, 15) is 4.79 Å². The maximum absolute atomic E-state index is 11.4. The summed E-state index contributed by atoms with van der Waals surface area (Å²) >= 11 is 0. The molecule has 1 aromatic carbocycles. The fraction of sp³-hybridized carbons (Fsp3) is 0.417. The minimum absolute atomic E-state index is 0.259. The maximum atomic E-state index is 11.4. The molecule has 3 N–H and O–H groups in total. The molecule has 0 aliphatic rings. The van der Waals surface area contributed by atoms with Crippen LogP contribution < -0.4 is 10.5 Å². The number of methoxy groups -OCH3 is 1. The highest BCUT2D eigenvalue weighted by atomic mass is 16.5. The minimum atomic E-state index is -0.368. The Morgan fingerprint density at radius 3 is 2.88 bits per heavy atom. The van der Waals surface area contributed by atoms with Crippen molar-refractivity contribution in [2.75, 3.05) is 13.7 Å². The molecule has 1 aromatic rings.